The van der Waals surface area contributed by atoms with E-state index in [2.05, 4.69) is 10.6 Å². The Morgan fingerprint density at radius 2 is 1.77 bits per heavy atom. The van der Waals surface area contributed by atoms with Crippen molar-refractivity contribution in [3.8, 4) is 0 Å². The van der Waals surface area contributed by atoms with Crippen LogP contribution in [0.25, 0.3) is 0 Å². The third-order valence-corrected chi connectivity index (χ3v) is 11.8. The number of alkyl halides is 3. The van der Waals surface area contributed by atoms with Gasteiger partial charge in [-0.3, -0.25) is 9.59 Å². The van der Waals surface area contributed by atoms with Crippen LogP contribution in [0.15, 0.2) is 12.1 Å². The van der Waals surface area contributed by atoms with Crippen molar-refractivity contribution >= 4 is 38.9 Å². The van der Waals surface area contributed by atoms with Gasteiger partial charge in [0.05, 0.1) is 28.0 Å². The summed E-state index contributed by atoms with van der Waals surface area (Å²) in [6.07, 6.45) is -0.407. The maximum Gasteiger partial charge on any atom is 0.389 e. The zero-order valence-electron chi connectivity index (χ0n) is 21.7. The highest BCUT2D eigenvalue weighted by atomic mass is 35.5. The summed E-state index contributed by atoms with van der Waals surface area (Å²) in [6, 6.07) is 3.11. The summed E-state index contributed by atoms with van der Waals surface area (Å²) in [7, 11) is -3.34. The van der Waals surface area contributed by atoms with Crippen LogP contribution >= 0.6 is 11.6 Å². The maximum atomic E-state index is 13.5. The Hall–Kier alpha value is -1.85. The van der Waals surface area contributed by atoms with E-state index < -0.39 is 27.7 Å². The number of halogens is 4. The van der Waals surface area contributed by atoms with E-state index in [-0.39, 0.29) is 59.2 Å². The minimum absolute atomic E-state index is 0.00109. The molecular weight excluding hydrogens is 555 g/mol. The molecule has 216 valence electrons. The molecule has 4 atom stereocenters. The van der Waals surface area contributed by atoms with Crippen molar-refractivity contribution in [1.29, 1.82) is 0 Å². The SMILES string of the molecule is O=C1Cc2cc(C(=O)NC3C[C@H]4CC[C@@H](C3)C4S(=O)(=O)CC3CCN(CCCC(F)(F)F)CC3)c(Cl)cc2N1. The molecule has 2 N–H and O–H groups in total. The summed E-state index contributed by atoms with van der Waals surface area (Å²) in [5.41, 5.74) is 1.67. The fourth-order valence-electron chi connectivity index (χ4n) is 7.18. The van der Waals surface area contributed by atoms with E-state index in [1.807, 2.05) is 4.90 Å². The molecule has 0 aromatic heterocycles. The van der Waals surface area contributed by atoms with Crippen molar-refractivity contribution in [3.63, 3.8) is 0 Å². The first-order chi connectivity index (χ1) is 18.4. The van der Waals surface area contributed by atoms with Crippen LogP contribution in [-0.4, -0.2) is 68.0 Å². The smallest absolute Gasteiger partial charge is 0.349 e. The van der Waals surface area contributed by atoms with E-state index in [0.717, 1.165) is 18.4 Å². The predicted octanol–water partition coefficient (Wildman–Crippen LogP) is 4.59. The Labute approximate surface area is 232 Å². The zero-order valence-corrected chi connectivity index (χ0v) is 23.3. The number of amides is 2. The predicted molar refractivity (Wildman–Crippen MR) is 143 cm³/mol. The topological polar surface area (TPSA) is 95.6 Å². The molecule has 12 heteroatoms. The van der Waals surface area contributed by atoms with E-state index >= 15 is 0 Å². The van der Waals surface area contributed by atoms with Gasteiger partial charge in [0.25, 0.3) is 5.91 Å². The van der Waals surface area contributed by atoms with Crippen LogP contribution in [0.5, 0.6) is 0 Å². The van der Waals surface area contributed by atoms with Crippen molar-refractivity contribution < 1.29 is 31.2 Å². The fraction of sp³-hybridized carbons (Fsp3) is 0.704. The van der Waals surface area contributed by atoms with E-state index in [1.54, 1.807) is 12.1 Å². The zero-order chi connectivity index (χ0) is 27.9. The van der Waals surface area contributed by atoms with Gasteiger partial charge >= 0.3 is 6.18 Å². The monoisotopic (exact) mass is 589 g/mol. The second-order valence-corrected chi connectivity index (χ2v) is 14.4. The molecular formula is C27H35ClF3N3O4S. The number of hydrogen-bond acceptors (Lipinski definition) is 5. The molecule has 2 aliphatic carbocycles. The lowest BCUT2D eigenvalue weighted by molar-refractivity contribution is -0.136. The number of hydrogen-bond donors (Lipinski definition) is 2. The van der Waals surface area contributed by atoms with Gasteiger partial charge in [0.15, 0.2) is 9.84 Å². The molecule has 1 aromatic carbocycles. The van der Waals surface area contributed by atoms with E-state index in [1.165, 1.54) is 0 Å². The number of rotatable bonds is 8. The number of likely N-dealkylation sites (tertiary alicyclic amines) is 1. The lowest BCUT2D eigenvalue weighted by atomic mass is 9.84. The first-order valence-electron chi connectivity index (χ1n) is 13.8. The lowest BCUT2D eigenvalue weighted by Gasteiger charge is -2.37. The van der Waals surface area contributed by atoms with Gasteiger partial charge in [-0.1, -0.05) is 11.6 Å². The molecule has 2 saturated carbocycles. The van der Waals surface area contributed by atoms with Crippen molar-refractivity contribution in [2.45, 2.75) is 75.3 Å². The standard InChI is InChI=1S/C27H35ClF3N3O4S/c28-22-14-23-19(13-24(35)33-23)12-21(22)26(36)32-20-10-17-2-3-18(11-20)25(17)39(37,38)15-16-4-8-34(9-5-16)7-1-6-27(29,30)31/h12,14,16-18,20,25H,1-11,13,15H2,(H,32,36)(H,33,35)/t17-,18+,20?,25?. The van der Waals surface area contributed by atoms with Crippen molar-refractivity contribution in [1.82, 2.24) is 10.2 Å². The van der Waals surface area contributed by atoms with Crippen LogP contribution in [-0.2, 0) is 21.1 Å². The van der Waals surface area contributed by atoms with Crippen LogP contribution < -0.4 is 10.6 Å². The molecule has 2 aliphatic heterocycles. The number of benzene rings is 1. The third kappa shape index (κ3) is 6.73. The maximum absolute atomic E-state index is 13.5. The van der Waals surface area contributed by atoms with Gasteiger partial charge in [-0.15, -0.1) is 0 Å². The summed E-state index contributed by atoms with van der Waals surface area (Å²) in [6.45, 7) is 1.67. The molecule has 1 aromatic rings. The Morgan fingerprint density at radius 3 is 2.41 bits per heavy atom. The van der Waals surface area contributed by atoms with Crippen molar-refractivity contribution in [2.75, 3.05) is 30.7 Å². The summed E-state index contributed by atoms with van der Waals surface area (Å²) < 4.78 is 64.3. The summed E-state index contributed by atoms with van der Waals surface area (Å²) in [5, 5.41) is 5.65. The summed E-state index contributed by atoms with van der Waals surface area (Å²) >= 11 is 6.33. The van der Waals surface area contributed by atoms with Gasteiger partial charge in [-0.25, -0.2) is 8.42 Å². The van der Waals surface area contributed by atoms with Crippen LogP contribution in [0, 0.1) is 17.8 Å². The second-order valence-electron chi connectivity index (χ2n) is 11.8. The van der Waals surface area contributed by atoms with Gasteiger partial charge in [0.2, 0.25) is 5.91 Å². The van der Waals surface area contributed by atoms with Gasteiger partial charge in [-0.05, 0) is 100 Å². The first-order valence-corrected chi connectivity index (χ1v) is 15.9. The van der Waals surface area contributed by atoms with Crippen molar-refractivity contribution in [2.24, 2.45) is 17.8 Å². The number of carbonyl (C=O) groups is 2. The molecule has 5 rings (SSSR count). The first kappa shape index (κ1) is 28.7. The molecule has 0 spiro atoms. The molecule has 1 saturated heterocycles. The fourth-order valence-corrected chi connectivity index (χ4v) is 10.3. The van der Waals surface area contributed by atoms with Gasteiger partial charge in [0, 0.05) is 18.2 Å². The van der Waals surface area contributed by atoms with E-state index in [9.17, 15) is 31.2 Å². The van der Waals surface area contributed by atoms with E-state index in [4.69, 9.17) is 11.6 Å². The number of nitrogens with one attached hydrogen (secondary N) is 2. The number of fused-ring (bicyclic) bond motifs is 3. The Morgan fingerprint density at radius 1 is 1.10 bits per heavy atom. The number of anilines is 1. The van der Waals surface area contributed by atoms with Crippen molar-refractivity contribution in [3.05, 3.63) is 28.3 Å². The number of nitrogens with zero attached hydrogens (tertiary/aromatic N) is 1. The average Bonchev–Trinajstić information content (AvgIpc) is 3.34. The van der Waals surface area contributed by atoms with Gasteiger partial charge in [-0.2, -0.15) is 13.2 Å². The van der Waals surface area contributed by atoms with E-state index in [0.29, 0.717) is 56.6 Å². The lowest BCUT2D eigenvalue weighted by Crippen LogP contribution is -2.47. The second kappa shape index (κ2) is 11.2. The largest absolute Gasteiger partial charge is 0.389 e. The molecule has 7 nitrogen and oxygen atoms in total. The quantitative estimate of drug-likeness (QED) is 0.462. The number of piperidine rings is 1. The highest BCUT2D eigenvalue weighted by Crippen LogP contribution is 2.47. The highest BCUT2D eigenvalue weighted by Gasteiger charge is 2.49. The Kier molecular flexibility index (Phi) is 8.23. The van der Waals surface area contributed by atoms with Crippen LogP contribution in [0.1, 0.15) is 67.3 Å². The summed E-state index contributed by atoms with van der Waals surface area (Å²) in [4.78, 5) is 26.7. The minimum Gasteiger partial charge on any atom is -0.349 e. The summed E-state index contributed by atoms with van der Waals surface area (Å²) in [5.74, 6) is -0.280. The Bertz CT molecular complexity index is 1200. The molecule has 4 aliphatic rings. The van der Waals surface area contributed by atoms with Crippen LogP contribution in [0.3, 0.4) is 0 Å². The molecule has 39 heavy (non-hydrogen) atoms. The van der Waals surface area contributed by atoms with Crippen LogP contribution in [0.2, 0.25) is 5.02 Å². The third-order valence-electron chi connectivity index (χ3n) is 8.93. The van der Waals surface area contributed by atoms with Crippen LogP contribution in [0.4, 0.5) is 18.9 Å². The number of sulfone groups is 1. The normalized spacial score (nSPS) is 27.8. The highest BCUT2D eigenvalue weighted by molar-refractivity contribution is 7.92. The molecule has 2 amide bonds. The Balaban J connectivity index is 1.13. The van der Waals surface area contributed by atoms with Gasteiger partial charge in [0.1, 0.15) is 0 Å². The molecule has 3 fully saturated rings. The molecule has 2 bridgehead atoms. The molecule has 2 heterocycles. The molecule has 0 radical (unpaired) electrons. The minimum atomic E-state index is -4.14. The average molecular weight is 590 g/mol. The van der Waals surface area contributed by atoms with Gasteiger partial charge < -0.3 is 15.5 Å². The number of carbonyl (C=O) groups excluding carboxylic acids is 2. The molecule has 2 unspecified atom stereocenters.